The number of amides is 2. The van der Waals surface area contributed by atoms with Gasteiger partial charge in [0.05, 0.1) is 0 Å². The predicted molar refractivity (Wildman–Crippen MR) is 65.5 cm³/mol. The van der Waals surface area contributed by atoms with Crippen LogP contribution in [-0.2, 0) is 20.4 Å². The molecule has 0 atom stereocenters. The summed E-state index contributed by atoms with van der Waals surface area (Å²) in [5, 5.41) is 19.2. The molecule has 0 aromatic rings. The van der Waals surface area contributed by atoms with E-state index in [4.69, 9.17) is 10.4 Å². The first-order valence-electron chi connectivity index (χ1n) is 5.75. The highest BCUT2D eigenvalue weighted by molar-refractivity contribution is 7.85. The molecule has 0 aliphatic heterocycles. The summed E-state index contributed by atoms with van der Waals surface area (Å²) in [7, 11) is -1.32. The average Bonchev–Trinajstić information content (AvgIpc) is 2.39. The molecule has 7 nitrogen and oxygen atoms in total. The first-order valence-corrected chi connectivity index (χ1v) is 7.24. The molecule has 0 heterocycles. The summed E-state index contributed by atoms with van der Waals surface area (Å²) in [6, 6.07) is 0. The predicted octanol–water partition coefficient (Wildman–Crippen LogP) is -0.00930. The van der Waals surface area contributed by atoms with Gasteiger partial charge >= 0.3 is 0 Å². The van der Waals surface area contributed by atoms with Crippen molar-refractivity contribution in [3.05, 3.63) is 0 Å². The molecule has 0 fully saturated rings. The zero-order chi connectivity index (χ0) is 14.1. The van der Waals surface area contributed by atoms with Crippen molar-refractivity contribution in [3.8, 4) is 0 Å². The molecule has 18 heavy (non-hydrogen) atoms. The number of nitrogens with zero attached hydrogens (tertiary/aromatic N) is 2. The number of hydrogen-bond acceptors (Lipinski definition) is 5. The Bertz CT molecular complexity index is 283. The Morgan fingerprint density at radius 2 is 1.28 bits per heavy atom. The average molecular weight is 280 g/mol. The van der Waals surface area contributed by atoms with Crippen LogP contribution in [0, 0.1) is 0 Å². The van der Waals surface area contributed by atoms with Gasteiger partial charge in [0.25, 0.3) is 0 Å². The van der Waals surface area contributed by atoms with Crippen LogP contribution >= 0.6 is 0 Å². The van der Waals surface area contributed by atoms with E-state index in [-0.39, 0.29) is 37.4 Å². The highest BCUT2D eigenvalue weighted by Gasteiger charge is 2.13. The van der Waals surface area contributed by atoms with E-state index in [9.17, 15) is 13.8 Å². The third-order valence-corrected chi connectivity index (χ3v) is 3.58. The van der Waals surface area contributed by atoms with Gasteiger partial charge in [-0.1, -0.05) is 0 Å². The molecule has 0 unspecified atom stereocenters. The van der Waals surface area contributed by atoms with E-state index < -0.39 is 22.6 Å². The summed E-state index contributed by atoms with van der Waals surface area (Å²) < 4.78 is 11.5. The Labute approximate surface area is 109 Å². The van der Waals surface area contributed by atoms with Crippen molar-refractivity contribution >= 4 is 22.6 Å². The quantitative estimate of drug-likeness (QED) is 0.481. The molecule has 0 aliphatic carbocycles. The summed E-state index contributed by atoms with van der Waals surface area (Å²) in [6.45, 7) is 3.60. The van der Waals surface area contributed by atoms with Gasteiger partial charge in [-0.2, -0.15) is 0 Å². The largest absolute Gasteiger partial charge is 0.286 e. The molecule has 0 bridgehead atoms. The first kappa shape index (κ1) is 17.0. The minimum atomic E-state index is -1.32. The molecule has 2 N–H and O–H groups in total. The Morgan fingerprint density at radius 3 is 1.56 bits per heavy atom. The number of hydrogen-bond donors (Lipinski definition) is 2. The number of rotatable bonds is 8. The lowest BCUT2D eigenvalue weighted by atomic mass is 10.4. The molecule has 0 radical (unpaired) electrons. The van der Waals surface area contributed by atoms with Gasteiger partial charge in [-0.3, -0.25) is 24.2 Å². The van der Waals surface area contributed by atoms with E-state index in [2.05, 4.69) is 0 Å². The second-order valence-corrected chi connectivity index (χ2v) is 5.26. The van der Waals surface area contributed by atoms with Gasteiger partial charge < -0.3 is 0 Å². The van der Waals surface area contributed by atoms with E-state index in [0.29, 0.717) is 10.1 Å². The van der Waals surface area contributed by atoms with Crippen LogP contribution in [0.4, 0.5) is 0 Å². The second-order valence-electron chi connectivity index (χ2n) is 3.57. The maximum atomic E-state index is 11.5. The van der Waals surface area contributed by atoms with E-state index in [1.807, 2.05) is 0 Å². The lowest BCUT2D eigenvalue weighted by molar-refractivity contribution is -0.164. The monoisotopic (exact) mass is 280 g/mol. The minimum absolute atomic E-state index is 0.0260. The van der Waals surface area contributed by atoms with Crippen LogP contribution in [0.5, 0.6) is 0 Å². The molecule has 106 valence electrons. The maximum Gasteiger partial charge on any atom is 0.246 e. The Balaban J connectivity index is 3.86. The van der Waals surface area contributed by atoms with Crippen molar-refractivity contribution < 1.29 is 24.2 Å². The fourth-order valence-electron chi connectivity index (χ4n) is 1.12. The lowest BCUT2D eigenvalue weighted by Crippen LogP contribution is -2.29. The van der Waals surface area contributed by atoms with Crippen LogP contribution in [0.25, 0.3) is 0 Å². The van der Waals surface area contributed by atoms with E-state index in [0.717, 1.165) is 0 Å². The summed E-state index contributed by atoms with van der Waals surface area (Å²) in [6.07, 6.45) is -0.0521. The van der Waals surface area contributed by atoms with Crippen molar-refractivity contribution in [2.45, 2.75) is 26.7 Å². The minimum Gasteiger partial charge on any atom is -0.286 e. The molecule has 0 aromatic heterocycles. The maximum absolute atomic E-state index is 11.5. The molecule has 0 spiro atoms. The molecule has 0 aliphatic rings. The van der Waals surface area contributed by atoms with Crippen molar-refractivity contribution in [1.29, 1.82) is 0 Å². The molecule has 0 saturated heterocycles. The lowest BCUT2D eigenvalue weighted by Gasteiger charge is -2.12. The highest BCUT2D eigenvalue weighted by atomic mass is 32.2. The Morgan fingerprint density at radius 1 is 0.944 bits per heavy atom. The number of carbonyl (C=O) groups is 2. The van der Waals surface area contributed by atoms with Crippen LogP contribution in [0.3, 0.4) is 0 Å². The standard InChI is InChI=1S/C10H20N2O5S/c1-3-11(15)9(13)5-7-18(17)8-6-10(14)12(16)4-2/h15-16H,3-8H2,1-2H3. The van der Waals surface area contributed by atoms with Gasteiger partial charge in [-0.15, -0.1) is 0 Å². The summed E-state index contributed by atoms with van der Waals surface area (Å²) in [4.78, 5) is 22.4. The van der Waals surface area contributed by atoms with Crippen molar-refractivity contribution in [2.24, 2.45) is 0 Å². The molecule has 8 heteroatoms. The Kier molecular flexibility index (Phi) is 8.51. The molecular weight excluding hydrogens is 260 g/mol. The summed E-state index contributed by atoms with van der Waals surface area (Å²) >= 11 is 0. The topological polar surface area (TPSA) is 98.2 Å². The molecular formula is C10H20N2O5S. The number of carbonyl (C=O) groups excluding carboxylic acids is 2. The van der Waals surface area contributed by atoms with Crippen LogP contribution in [-0.4, -0.2) is 61.2 Å². The SMILES string of the molecule is CCN(O)C(=O)CCS(=O)CCC(=O)N(O)CC. The smallest absolute Gasteiger partial charge is 0.246 e. The van der Waals surface area contributed by atoms with Crippen LogP contribution in [0.1, 0.15) is 26.7 Å². The highest BCUT2D eigenvalue weighted by Crippen LogP contribution is 1.97. The molecule has 2 amide bonds. The summed E-state index contributed by atoms with van der Waals surface area (Å²) in [5.41, 5.74) is 0. The zero-order valence-corrected chi connectivity index (χ0v) is 11.5. The van der Waals surface area contributed by atoms with Gasteiger partial charge in [0.1, 0.15) is 0 Å². The first-order chi connectivity index (χ1) is 8.42. The fraction of sp³-hybridized carbons (Fsp3) is 0.800. The van der Waals surface area contributed by atoms with Gasteiger partial charge in [-0.25, -0.2) is 10.1 Å². The van der Waals surface area contributed by atoms with Crippen molar-refractivity contribution in [2.75, 3.05) is 24.6 Å². The normalized spacial score (nSPS) is 10.5. The zero-order valence-electron chi connectivity index (χ0n) is 10.7. The Hall–Kier alpha value is -0.990. The third-order valence-electron chi connectivity index (χ3n) is 2.26. The van der Waals surface area contributed by atoms with E-state index >= 15 is 0 Å². The second kappa shape index (κ2) is 9.01. The molecule has 0 saturated carbocycles. The third kappa shape index (κ3) is 6.67. The molecule has 0 rings (SSSR count). The van der Waals surface area contributed by atoms with Crippen molar-refractivity contribution in [1.82, 2.24) is 10.1 Å². The van der Waals surface area contributed by atoms with Crippen LogP contribution < -0.4 is 0 Å². The van der Waals surface area contributed by atoms with Crippen LogP contribution in [0.15, 0.2) is 0 Å². The molecule has 0 aromatic carbocycles. The van der Waals surface area contributed by atoms with Crippen LogP contribution in [0.2, 0.25) is 0 Å². The van der Waals surface area contributed by atoms with Gasteiger partial charge in [0.15, 0.2) is 0 Å². The number of hydroxylamine groups is 4. The van der Waals surface area contributed by atoms with Gasteiger partial charge in [0, 0.05) is 48.2 Å². The fourth-order valence-corrected chi connectivity index (χ4v) is 2.12. The van der Waals surface area contributed by atoms with E-state index in [1.54, 1.807) is 13.8 Å². The van der Waals surface area contributed by atoms with Gasteiger partial charge in [0.2, 0.25) is 11.8 Å². The summed E-state index contributed by atoms with van der Waals surface area (Å²) in [5.74, 6) is -0.786. The van der Waals surface area contributed by atoms with Crippen molar-refractivity contribution in [3.63, 3.8) is 0 Å². The van der Waals surface area contributed by atoms with Gasteiger partial charge in [-0.05, 0) is 13.8 Å². The van der Waals surface area contributed by atoms with E-state index in [1.165, 1.54) is 0 Å².